The summed E-state index contributed by atoms with van der Waals surface area (Å²) in [6.07, 6.45) is 2.25. The molecule has 5 heteroatoms. The molecular weight excluding hydrogens is 290 g/mol. The maximum atomic E-state index is 12.3. The molecule has 2 aromatic rings. The minimum atomic E-state index is -0.895. The van der Waals surface area contributed by atoms with Crippen molar-refractivity contribution in [2.24, 2.45) is 0 Å². The van der Waals surface area contributed by atoms with E-state index in [2.05, 4.69) is 0 Å². The van der Waals surface area contributed by atoms with E-state index >= 15 is 0 Å². The van der Waals surface area contributed by atoms with Gasteiger partial charge in [-0.25, -0.2) is 0 Å². The zero-order valence-electron chi connectivity index (χ0n) is 11.5. The van der Waals surface area contributed by atoms with Crippen molar-refractivity contribution in [2.75, 3.05) is 7.11 Å². The highest BCUT2D eigenvalue weighted by atomic mass is 35.5. The summed E-state index contributed by atoms with van der Waals surface area (Å²) >= 11 is 5.95. The highest BCUT2D eigenvalue weighted by molar-refractivity contribution is 6.30. The lowest BCUT2D eigenvalue weighted by molar-refractivity contribution is -0.119. The van der Waals surface area contributed by atoms with Gasteiger partial charge in [-0.2, -0.15) is 5.26 Å². The highest BCUT2D eigenvalue weighted by Crippen LogP contribution is 2.30. The van der Waals surface area contributed by atoms with Crippen LogP contribution in [-0.4, -0.2) is 12.9 Å². The normalized spacial score (nSPS) is 11.7. The van der Waals surface area contributed by atoms with Crippen molar-refractivity contribution < 1.29 is 13.9 Å². The van der Waals surface area contributed by atoms with Crippen LogP contribution in [0.15, 0.2) is 41.0 Å². The first-order chi connectivity index (χ1) is 10.2. The molecule has 0 saturated carbocycles. The fourth-order valence-corrected chi connectivity index (χ4v) is 2.27. The second kappa shape index (κ2) is 6.96. The van der Waals surface area contributed by atoms with Crippen LogP contribution in [0.3, 0.4) is 0 Å². The Morgan fingerprint density at radius 2 is 2.29 bits per heavy atom. The lowest BCUT2D eigenvalue weighted by Gasteiger charge is -2.13. The van der Waals surface area contributed by atoms with Crippen molar-refractivity contribution >= 4 is 17.4 Å². The first-order valence-corrected chi connectivity index (χ1v) is 6.81. The second-order valence-corrected chi connectivity index (χ2v) is 4.93. The topological polar surface area (TPSA) is 63.2 Å². The quantitative estimate of drug-likeness (QED) is 0.815. The van der Waals surface area contributed by atoms with E-state index in [1.54, 1.807) is 36.6 Å². The van der Waals surface area contributed by atoms with Crippen molar-refractivity contribution in [1.82, 2.24) is 0 Å². The Morgan fingerprint density at radius 1 is 1.48 bits per heavy atom. The van der Waals surface area contributed by atoms with Crippen LogP contribution in [0.5, 0.6) is 5.75 Å². The Morgan fingerprint density at radius 3 is 2.90 bits per heavy atom. The molecule has 0 aliphatic heterocycles. The SMILES string of the molecule is COc1ccc(Cl)cc1C(C#N)C(=O)CCc1ccco1. The van der Waals surface area contributed by atoms with Crippen LogP contribution in [0.1, 0.15) is 23.7 Å². The van der Waals surface area contributed by atoms with Crippen LogP contribution in [0.4, 0.5) is 0 Å². The molecule has 0 fully saturated rings. The molecule has 0 bridgehead atoms. The fraction of sp³-hybridized carbons (Fsp3) is 0.250. The minimum absolute atomic E-state index is 0.186. The van der Waals surface area contributed by atoms with Crippen LogP contribution in [-0.2, 0) is 11.2 Å². The number of nitriles is 1. The molecule has 0 aliphatic rings. The van der Waals surface area contributed by atoms with E-state index in [-0.39, 0.29) is 12.2 Å². The number of hydrogen-bond acceptors (Lipinski definition) is 4. The predicted octanol–water partition coefficient (Wildman–Crippen LogP) is 3.75. The maximum Gasteiger partial charge on any atom is 0.155 e. The Balaban J connectivity index is 2.17. The Labute approximate surface area is 127 Å². The van der Waals surface area contributed by atoms with E-state index in [1.165, 1.54) is 7.11 Å². The van der Waals surface area contributed by atoms with Crippen LogP contribution < -0.4 is 4.74 Å². The largest absolute Gasteiger partial charge is 0.496 e. The summed E-state index contributed by atoms with van der Waals surface area (Å²) in [6.45, 7) is 0. The smallest absolute Gasteiger partial charge is 0.155 e. The van der Waals surface area contributed by atoms with Gasteiger partial charge in [-0.15, -0.1) is 0 Å². The average Bonchev–Trinajstić information content (AvgIpc) is 2.99. The van der Waals surface area contributed by atoms with Gasteiger partial charge in [0.15, 0.2) is 5.78 Å². The monoisotopic (exact) mass is 303 g/mol. The lowest BCUT2D eigenvalue weighted by Crippen LogP contribution is -2.12. The number of carbonyl (C=O) groups excluding carboxylic acids is 1. The summed E-state index contributed by atoms with van der Waals surface area (Å²) in [5.41, 5.74) is 0.497. The number of aryl methyl sites for hydroxylation is 1. The van der Waals surface area contributed by atoms with Gasteiger partial charge in [0.25, 0.3) is 0 Å². The fourth-order valence-electron chi connectivity index (χ4n) is 2.09. The summed E-state index contributed by atoms with van der Waals surface area (Å²) in [5.74, 6) is 0.124. The zero-order chi connectivity index (χ0) is 15.2. The van der Waals surface area contributed by atoms with E-state index in [9.17, 15) is 10.1 Å². The van der Waals surface area contributed by atoms with E-state index in [4.69, 9.17) is 20.8 Å². The second-order valence-electron chi connectivity index (χ2n) is 4.49. The number of hydrogen-bond donors (Lipinski definition) is 0. The number of furan rings is 1. The van der Waals surface area contributed by atoms with Gasteiger partial charge in [-0.05, 0) is 30.3 Å². The molecule has 1 atom stereocenters. The van der Waals surface area contributed by atoms with Crippen LogP contribution in [0.2, 0.25) is 5.02 Å². The summed E-state index contributed by atoms with van der Waals surface area (Å²) in [6, 6.07) is 10.5. The third-order valence-electron chi connectivity index (χ3n) is 3.15. The third kappa shape index (κ3) is 3.65. The standard InChI is InChI=1S/C16H14ClNO3/c1-20-16-7-4-11(17)9-13(16)14(10-18)15(19)6-5-12-3-2-8-21-12/h2-4,7-9,14H,5-6H2,1H3. The van der Waals surface area contributed by atoms with Gasteiger partial charge < -0.3 is 9.15 Å². The van der Waals surface area contributed by atoms with Gasteiger partial charge in [0.1, 0.15) is 17.4 Å². The van der Waals surface area contributed by atoms with Gasteiger partial charge in [0.2, 0.25) is 0 Å². The number of methoxy groups -OCH3 is 1. The molecule has 0 saturated heterocycles. The number of ketones is 1. The molecule has 1 unspecified atom stereocenters. The van der Waals surface area contributed by atoms with Gasteiger partial charge in [-0.3, -0.25) is 4.79 Å². The van der Waals surface area contributed by atoms with Crippen molar-refractivity contribution in [2.45, 2.75) is 18.8 Å². The van der Waals surface area contributed by atoms with Crippen molar-refractivity contribution in [1.29, 1.82) is 5.26 Å². The third-order valence-corrected chi connectivity index (χ3v) is 3.39. The van der Waals surface area contributed by atoms with E-state index < -0.39 is 5.92 Å². The van der Waals surface area contributed by atoms with Crippen molar-refractivity contribution in [3.05, 3.63) is 52.9 Å². The number of rotatable bonds is 6. The summed E-state index contributed by atoms with van der Waals surface area (Å²) < 4.78 is 10.4. The Bertz CT molecular complexity index is 659. The van der Waals surface area contributed by atoms with Gasteiger partial charge in [-0.1, -0.05) is 11.6 Å². The number of Topliss-reactive ketones (excluding diaryl/α,β-unsaturated/α-hetero) is 1. The Kier molecular flexibility index (Phi) is 5.02. The number of benzene rings is 1. The molecule has 1 heterocycles. The zero-order valence-corrected chi connectivity index (χ0v) is 12.3. The first-order valence-electron chi connectivity index (χ1n) is 6.44. The molecule has 2 rings (SSSR count). The molecule has 0 amide bonds. The van der Waals surface area contributed by atoms with Gasteiger partial charge in [0, 0.05) is 23.4 Å². The highest BCUT2D eigenvalue weighted by Gasteiger charge is 2.24. The number of ether oxygens (including phenoxy) is 1. The molecule has 1 aromatic carbocycles. The Hall–Kier alpha value is -2.25. The minimum Gasteiger partial charge on any atom is -0.496 e. The molecule has 1 aromatic heterocycles. The van der Waals surface area contributed by atoms with Gasteiger partial charge in [0.05, 0.1) is 19.4 Å². The summed E-state index contributed by atoms with van der Waals surface area (Å²) in [4.78, 5) is 12.3. The summed E-state index contributed by atoms with van der Waals surface area (Å²) in [5, 5.41) is 9.79. The van der Waals surface area contributed by atoms with E-state index in [0.29, 0.717) is 22.8 Å². The molecule has 21 heavy (non-hydrogen) atoms. The molecule has 0 aliphatic carbocycles. The number of nitrogens with zero attached hydrogens (tertiary/aromatic N) is 1. The van der Waals surface area contributed by atoms with Crippen LogP contribution in [0.25, 0.3) is 0 Å². The maximum absolute atomic E-state index is 12.3. The van der Waals surface area contributed by atoms with E-state index in [0.717, 1.165) is 5.76 Å². The molecule has 0 spiro atoms. The van der Waals surface area contributed by atoms with E-state index in [1.807, 2.05) is 6.07 Å². The predicted molar refractivity (Wildman–Crippen MR) is 78.4 cm³/mol. The number of halogens is 1. The molecular formula is C16H14ClNO3. The average molecular weight is 304 g/mol. The molecule has 4 nitrogen and oxygen atoms in total. The lowest BCUT2D eigenvalue weighted by atomic mass is 9.92. The molecule has 0 radical (unpaired) electrons. The summed E-state index contributed by atoms with van der Waals surface area (Å²) in [7, 11) is 1.49. The van der Waals surface area contributed by atoms with Crippen LogP contribution in [0, 0.1) is 11.3 Å². The number of carbonyl (C=O) groups is 1. The van der Waals surface area contributed by atoms with Crippen LogP contribution >= 0.6 is 11.6 Å². The molecule has 108 valence electrons. The van der Waals surface area contributed by atoms with Crippen molar-refractivity contribution in [3.8, 4) is 11.8 Å². The van der Waals surface area contributed by atoms with Gasteiger partial charge >= 0.3 is 0 Å². The molecule has 0 N–H and O–H groups in total. The van der Waals surface area contributed by atoms with Crippen molar-refractivity contribution in [3.63, 3.8) is 0 Å². The first kappa shape index (κ1) is 15.1.